The van der Waals surface area contributed by atoms with Gasteiger partial charge in [0, 0.05) is 0 Å². The number of esters is 2. The van der Waals surface area contributed by atoms with Crippen molar-refractivity contribution in [1.82, 2.24) is 0 Å². The number of rotatable bonds is 9. The van der Waals surface area contributed by atoms with Gasteiger partial charge in [-0.1, -0.05) is 34.9 Å². The van der Waals surface area contributed by atoms with Gasteiger partial charge in [-0.3, -0.25) is 0 Å². The maximum Gasteiger partial charge on any atom is 0.345 e. The first-order chi connectivity index (χ1) is 11.3. The smallest absolute Gasteiger partial charge is 0.345 e. The average molecular weight is 334 g/mol. The first kappa shape index (κ1) is 21.9. The molecule has 4 nitrogen and oxygen atoms in total. The van der Waals surface area contributed by atoms with Crippen LogP contribution in [-0.2, 0) is 19.1 Å². The third kappa shape index (κ3) is 9.82. The van der Waals surface area contributed by atoms with Gasteiger partial charge in [-0.05, 0) is 60.5 Å². The fraction of sp³-hybridized carbons (Fsp3) is 0.500. The van der Waals surface area contributed by atoms with Crippen LogP contribution in [0.3, 0.4) is 0 Å². The fourth-order valence-corrected chi connectivity index (χ4v) is 1.84. The molecule has 0 spiro atoms. The first-order valence-electron chi connectivity index (χ1n) is 8.35. The molecule has 0 radical (unpaired) electrons. The summed E-state index contributed by atoms with van der Waals surface area (Å²) in [4.78, 5) is 23.8. The minimum atomic E-state index is -0.659. The zero-order chi connectivity index (χ0) is 18.5. The summed E-state index contributed by atoms with van der Waals surface area (Å²) in [6.07, 6.45) is 9.57. The Morgan fingerprint density at radius 1 is 0.875 bits per heavy atom. The summed E-state index contributed by atoms with van der Waals surface area (Å²) in [5.74, 6) is -1.32. The predicted octanol–water partition coefficient (Wildman–Crippen LogP) is 4.68. The number of hydrogen-bond acceptors (Lipinski definition) is 4. The number of carbonyl (C=O) groups excluding carboxylic acids is 2. The third-order valence-electron chi connectivity index (χ3n) is 3.08. The van der Waals surface area contributed by atoms with Crippen LogP contribution in [0.4, 0.5) is 0 Å². The van der Waals surface area contributed by atoms with Gasteiger partial charge in [0.25, 0.3) is 0 Å². The molecule has 0 fully saturated rings. The average Bonchev–Trinajstić information content (AvgIpc) is 2.50. The van der Waals surface area contributed by atoms with E-state index in [-0.39, 0.29) is 18.8 Å². The lowest BCUT2D eigenvalue weighted by molar-refractivity contribution is -0.146. The highest BCUT2D eigenvalue weighted by Crippen LogP contribution is 2.11. The van der Waals surface area contributed by atoms with Crippen molar-refractivity contribution in [2.75, 3.05) is 13.2 Å². The van der Waals surface area contributed by atoms with E-state index in [0.717, 1.165) is 18.4 Å². The number of carbonyl (C=O) groups is 2. The number of ether oxygens (including phenoxy) is 2. The van der Waals surface area contributed by atoms with E-state index in [2.05, 4.69) is 26.8 Å². The third-order valence-corrected chi connectivity index (χ3v) is 3.08. The van der Waals surface area contributed by atoms with E-state index < -0.39 is 11.9 Å². The molecule has 0 aromatic rings. The summed E-state index contributed by atoms with van der Waals surface area (Å²) in [5.41, 5.74) is 3.25. The van der Waals surface area contributed by atoms with Crippen molar-refractivity contribution in [2.45, 2.75) is 54.4 Å². The van der Waals surface area contributed by atoms with Gasteiger partial charge in [-0.2, -0.15) is 0 Å². The molecule has 0 atom stereocenters. The van der Waals surface area contributed by atoms with Gasteiger partial charge in [0.2, 0.25) is 0 Å². The Kier molecular flexibility index (Phi) is 11.3. The monoisotopic (exact) mass is 334 g/mol. The zero-order valence-corrected chi connectivity index (χ0v) is 15.8. The molecule has 134 valence electrons. The number of hydrogen-bond donors (Lipinski definition) is 0. The fourth-order valence-electron chi connectivity index (χ4n) is 1.84. The Labute approximate surface area is 145 Å². The zero-order valence-electron chi connectivity index (χ0n) is 15.8. The van der Waals surface area contributed by atoms with Crippen molar-refractivity contribution in [3.63, 3.8) is 0 Å². The van der Waals surface area contributed by atoms with Crippen LogP contribution >= 0.6 is 0 Å². The molecule has 0 amide bonds. The molecule has 0 unspecified atom stereocenters. The second-order valence-electron chi connectivity index (χ2n) is 5.74. The highest BCUT2D eigenvalue weighted by Gasteiger charge is 2.20. The Balaban J connectivity index is 5.13. The van der Waals surface area contributed by atoms with E-state index >= 15 is 0 Å². The summed E-state index contributed by atoms with van der Waals surface area (Å²) in [6, 6.07) is 0. The minimum Gasteiger partial charge on any atom is -0.462 e. The lowest BCUT2D eigenvalue weighted by Crippen LogP contribution is -2.18. The Bertz CT molecular complexity index is 524. The van der Waals surface area contributed by atoms with Crippen LogP contribution in [0.2, 0.25) is 0 Å². The van der Waals surface area contributed by atoms with Crippen LogP contribution in [0.25, 0.3) is 0 Å². The molecule has 0 heterocycles. The summed E-state index contributed by atoms with van der Waals surface area (Å²) in [6.45, 7) is 11.9. The van der Waals surface area contributed by atoms with Crippen molar-refractivity contribution < 1.29 is 19.1 Å². The van der Waals surface area contributed by atoms with Crippen molar-refractivity contribution in [2.24, 2.45) is 0 Å². The highest BCUT2D eigenvalue weighted by molar-refractivity contribution is 6.14. The Morgan fingerprint density at radius 2 is 1.42 bits per heavy atom. The molecule has 0 saturated heterocycles. The van der Waals surface area contributed by atoms with E-state index in [1.165, 1.54) is 17.2 Å². The predicted molar refractivity (Wildman–Crippen MR) is 97.5 cm³/mol. The van der Waals surface area contributed by atoms with Gasteiger partial charge in [-0.15, -0.1) is 0 Å². The van der Waals surface area contributed by atoms with Crippen LogP contribution in [0, 0.1) is 0 Å². The van der Waals surface area contributed by atoms with E-state index in [4.69, 9.17) is 9.47 Å². The SMILES string of the molecule is CCOC(=O)C(=C/C(C)=C/C=C(\C)CCC=C(C)C)C(=O)OCC. The minimum absolute atomic E-state index is 0.0805. The quantitative estimate of drug-likeness (QED) is 0.153. The summed E-state index contributed by atoms with van der Waals surface area (Å²) >= 11 is 0. The van der Waals surface area contributed by atoms with Gasteiger partial charge < -0.3 is 9.47 Å². The molecule has 0 saturated carbocycles. The molecule has 0 aromatic carbocycles. The topological polar surface area (TPSA) is 52.6 Å². The van der Waals surface area contributed by atoms with Crippen molar-refractivity contribution >= 4 is 11.9 Å². The molecule has 0 aliphatic rings. The maximum atomic E-state index is 11.9. The lowest BCUT2D eigenvalue weighted by Gasteiger charge is -2.06. The lowest BCUT2D eigenvalue weighted by atomic mass is 10.1. The molecule has 0 rings (SSSR count). The molecule has 0 bridgehead atoms. The molecule has 0 N–H and O–H groups in total. The van der Waals surface area contributed by atoms with Crippen molar-refractivity contribution in [3.8, 4) is 0 Å². The Morgan fingerprint density at radius 3 is 1.88 bits per heavy atom. The van der Waals surface area contributed by atoms with E-state index in [1.54, 1.807) is 13.8 Å². The van der Waals surface area contributed by atoms with Crippen LogP contribution in [0.15, 0.2) is 46.6 Å². The molecular weight excluding hydrogens is 304 g/mol. The van der Waals surface area contributed by atoms with Crippen molar-refractivity contribution in [3.05, 3.63) is 46.6 Å². The molecule has 0 aromatic heterocycles. The molecule has 0 aliphatic heterocycles. The van der Waals surface area contributed by atoms with Crippen LogP contribution in [0.5, 0.6) is 0 Å². The van der Waals surface area contributed by atoms with Gasteiger partial charge in [0.1, 0.15) is 5.57 Å². The second kappa shape index (κ2) is 12.3. The standard InChI is InChI=1S/C20H30O4/c1-7-23-19(21)18(20(22)24-8-2)14-17(6)13-12-16(5)11-9-10-15(3)4/h10,12-14H,7-9,11H2,1-6H3/b16-12+,17-13+. The normalized spacial score (nSPS) is 11.6. The van der Waals surface area contributed by atoms with Crippen molar-refractivity contribution in [1.29, 1.82) is 0 Å². The Hall–Kier alpha value is -2.10. The van der Waals surface area contributed by atoms with E-state index in [9.17, 15) is 9.59 Å². The van der Waals surface area contributed by atoms with Gasteiger partial charge in [-0.25, -0.2) is 9.59 Å². The number of allylic oxidation sites excluding steroid dienone is 7. The van der Waals surface area contributed by atoms with E-state index in [0.29, 0.717) is 0 Å². The van der Waals surface area contributed by atoms with E-state index in [1.807, 2.05) is 19.1 Å². The highest BCUT2D eigenvalue weighted by atomic mass is 16.6. The van der Waals surface area contributed by atoms with Gasteiger partial charge >= 0.3 is 11.9 Å². The molecule has 24 heavy (non-hydrogen) atoms. The van der Waals surface area contributed by atoms with Crippen LogP contribution in [-0.4, -0.2) is 25.2 Å². The summed E-state index contributed by atoms with van der Waals surface area (Å²) in [7, 11) is 0. The summed E-state index contributed by atoms with van der Waals surface area (Å²) < 4.78 is 9.83. The van der Waals surface area contributed by atoms with Crippen LogP contribution in [0.1, 0.15) is 54.4 Å². The summed E-state index contributed by atoms with van der Waals surface area (Å²) in [5, 5.41) is 0. The molecular formula is C20H30O4. The molecule has 4 heteroatoms. The van der Waals surface area contributed by atoms with Gasteiger partial charge in [0.05, 0.1) is 13.2 Å². The molecule has 0 aliphatic carbocycles. The largest absolute Gasteiger partial charge is 0.462 e. The van der Waals surface area contributed by atoms with Gasteiger partial charge in [0.15, 0.2) is 0 Å². The van der Waals surface area contributed by atoms with Crippen LogP contribution < -0.4 is 0 Å². The first-order valence-corrected chi connectivity index (χ1v) is 8.35. The maximum absolute atomic E-state index is 11.9. The second-order valence-corrected chi connectivity index (χ2v) is 5.74.